The zero-order valence-electron chi connectivity index (χ0n) is 14.4. The van der Waals surface area contributed by atoms with E-state index in [1.54, 1.807) is 7.11 Å². The SMILES string of the molecule is COC(CN)CC(=O)N1Cc2ccccc2C(c2ccccc2)C1.Cl. The minimum Gasteiger partial charge on any atom is -0.380 e. The molecular formula is C20H25ClN2O2. The van der Waals surface area contributed by atoms with Crippen molar-refractivity contribution in [3.63, 3.8) is 0 Å². The van der Waals surface area contributed by atoms with Crippen LogP contribution in [-0.4, -0.2) is 37.1 Å². The van der Waals surface area contributed by atoms with Gasteiger partial charge in [-0.2, -0.15) is 0 Å². The Morgan fingerprint density at radius 3 is 2.56 bits per heavy atom. The van der Waals surface area contributed by atoms with Gasteiger partial charge in [-0.25, -0.2) is 0 Å². The molecule has 2 atom stereocenters. The molecular weight excluding hydrogens is 336 g/mol. The quantitative estimate of drug-likeness (QED) is 0.891. The zero-order valence-corrected chi connectivity index (χ0v) is 15.2. The summed E-state index contributed by atoms with van der Waals surface area (Å²) in [4.78, 5) is 14.6. The average Bonchev–Trinajstić information content (AvgIpc) is 2.65. The van der Waals surface area contributed by atoms with E-state index >= 15 is 0 Å². The maximum atomic E-state index is 12.7. The summed E-state index contributed by atoms with van der Waals surface area (Å²) >= 11 is 0. The molecule has 0 saturated carbocycles. The Bertz CT molecular complexity index is 689. The lowest BCUT2D eigenvalue weighted by molar-refractivity contribution is -0.134. The summed E-state index contributed by atoms with van der Waals surface area (Å²) < 4.78 is 5.27. The Kier molecular flexibility index (Phi) is 7.00. The van der Waals surface area contributed by atoms with Crippen LogP contribution in [0.15, 0.2) is 54.6 Å². The molecule has 5 heteroatoms. The molecule has 0 bridgehead atoms. The average molecular weight is 361 g/mol. The van der Waals surface area contributed by atoms with Gasteiger partial charge >= 0.3 is 0 Å². The lowest BCUT2D eigenvalue weighted by Gasteiger charge is -2.35. The highest BCUT2D eigenvalue weighted by atomic mass is 35.5. The molecule has 0 fully saturated rings. The Balaban J connectivity index is 0.00000225. The number of carbonyl (C=O) groups excluding carboxylic acids is 1. The third kappa shape index (κ3) is 4.40. The summed E-state index contributed by atoms with van der Waals surface area (Å²) in [6.45, 7) is 1.70. The predicted octanol–water partition coefficient (Wildman–Crippen LogP) is 2.95. The predicted molar refractivity (Wildman–Crippen MR) is 102 cm³/mol. The van der Waals surface area contributed by atoms with E-state index in [-0.39, 0.29) is 30.3 Å². The summed E-state index contributed by atoms with van der Waals surface area (Å²) in [5, 5.41) is 0. The van der Waals surface area contributed by atoms with Crippen molar-refractivity contribution in [2.75, 3.05) is 20.2 Å². The number of benzene rings is 2. The van der Waals surface area contributed by atoms with Crippen LogP contribution in [0.25, 0.3) is 0 Å². The molecule has 2 N–H and O–H groups in total. The first-order chi connectivity index (χ1) is 11.7. The number of amides is 1. The number of halogens is 1. The number of hydrogen-bond acceptors (Lipinski definition) is 3. The van der Waals surface area contributed by atoms with Crippen molar-refractivity contribution in [1.29, 1.82) is 0 Å². The Morgan fingerprint density at radius 1 is 1.20 bits per heavy atom. The van der Waals surface area contributed by atoms with E-state index in [4.69, 9.17) is 10.5 Å². The van der Waals surface area contributed by atoms with E-state index < -0.39 is 0 Å². The Labute approximate surface area is 155 Å². The maximum absolute atomic E-state index is 12.7. The van der Waals surface area contributed by atoms with Gasteiger partial charge in [0, 0.05) is 32.7 Å². The number of ether oxygens (including phenoxy) is 1. The van der Waals surface area contributed by atoms with Crippen molar-refractivity contribution in [3.05, 3.63) is 71.3 Å². The van der Waals surface area contributed by atoms with Gasteiger partial charge in [-0.1, -0.05) is 54.6 Å². The van der Waals surface area contributed by atoms with Gasteiger partial charge in [-0.3, -0.25) is 4.79 Å². The molecule has 2 aromatic carbocycles. The van der Waals surface area contributed by atoms with Gasteiger partial charge in [0.1, 0.15) is 0 Å². The van der Waals surface area contributed by atoms with Crippen molar-refractivity contribution in [2.45, 2.75) is 25.0 Å². The summed E-state index contributed by atoms with van der Waals surface area (Å²) in [7, 11) is 1.60. The molecule has 0 aliphatic carbocycles. The van der Waals surface area contributed by atoms with Gasteiger partial charge < -0.3 is 15.4 Å². The highest BCUT2D eigenvalue weighted by Gasteiger charge is 2.29. The van der Waals surface area contributed by atoms with Gasteiger partial charge in [0.2, 0.25) is 5.91 Å². The summed E-state index contributed by atoms with van der Waals surface area (Å²) in [5.41, 5.74) is 9.43. The van der Waals surface area contributed by atoms with E-state index in [1.165, 1.54) is 16.7 Å². The molecule has 0 saturated heterocycles. The van der Waals surface area contributed by atoms with Crippen LogP contribution in [0, 0.1) is 0 Å². The summed E-state index contributed by atoms with van der Waals surface area (Å²) in [6.07, 6.45) is 0.112. The van der Waals surface area contributed by atoms with E-state index in [0.717, 1.165) is 0 Å². The molecule has 0 aromatic heterocycles. The number of rotatable bonds is 5. The topological polar surface area (TPSA) is 55.6 Å². The van der Waals surface area contributed by atoms with Gasteiger partial charge in [0.15, 0.2) is 0 Å². The second-order valence-electron chi connectivity index (χ2n) is 6.23. The smallest absolute Gasteiger partial charge is 0.225 e. The van der Waals surface area contributed by atoms with Crippen molar-refractivity contribution in [2.24, 2.45) is 5.73 Å². The third-order valence-electron chi connectivity index (χ3n) is 4.75. The van der Waals surface area contributed by atoms with Crippen molar-refractivity contribution >= 4 is 18.3 Å². The van der Waals surface area contributed by atoms with Crippen LogP contribution in [0.5, 0.6) is 0 Å². The van der Waals surface area contributed by atoms with Crippen LogP contribution in [0.2, 0.25) is 0 Å². The van der Waals surface area contributed by atoms with E-state index in [9.17, 15) is 4.79 Å². The molecule has 2 aromatic rings. The van der Waals surface area contributed by atoms with Crippen LogP contribution < -0.4 is 5.73 Å². The molecule has 4 nitrogen and oxygen atoms in total. The highest BCUT2D eigenvalue weighted by molar-refractivity contribution is 5.85. The lowest BCUT2D eigenvalue weighted by atomic mass is 9.84. The number of methoxy groups -OCH3 is 1. The molecule has 0 spiro atoms. The molecule has 1 amide bonds. The van der Waals surface area contributed by atoms with Gasteiger partial charge in [-0.15, -0.1) is 12.4 Å². The van der Waals surface area contributed by atoms with Crippen molar-refractivity contribution in [3.8, 4) is 0 Å². The Morgan fingerprint density at radius 2 is 1.88 bits per heavy atom. The largest absolute Gasteiger partial charge is 0.380 e. The molecule has 2 unspecified atom stereocenters. The monoisotopic (exact) mass is 360 g/mol. The van der Waals surface area contributed by atoms with Gasteiger partial charge in [0.05, 0.1) is 12.5 Å². The molecule has 1 aliphatic rings. The van der Waals surface area contributed by atoms with Crippen molar-refractivity contribution in [1.82, 2.24) is 4.90 Å². The normalized spacial score (nSPS) is 17.4. The summed E-state index contributed by atoms with van der Waals surface area (Å²) in [6, 6.07) is 18.8. The first-order valence-corrected chi connectivity index (χ1v) is 8.36. The zero-order chi connectivity index (χ0) is 16.9. The van der Waals surface area contributed by atoms with Gasteiger partial charge in [0.25, 0.3) is 0 Å². The number of hydrogen-bond donors (Lipinski definition) is 1. The summed E-state index contributed by atoms with van der Waals surface area (Å²) in [5.74, 6) is 0.307. The van der Waals surface area contributed by atoms with E-state index in [2.05, 4.69) is 30.3 Å². The second kappa shape index (κ2) is 8.99. The van der Waals surface area contributed by atoms with Crippen LogP contribution in [-0.2, 0) is 16.1 Å². The molecule has 1 aliphatic heterocycles. The molecule has 134 valence electrons. The molecule has 3 rings (SSSR count). The third-order valence-corrected chi connectivity index (χ3v) is 4.75. The maximum Gasteiger partial charge on any atom is 0.225 e. The lowest BCUT2D eigenvalue weighted by Crippen LogP contribution is -2.41. The minimum atomic E-state index is -0.218. The molecule has 0 radical (unpaired) electrons. The van der Waals surface area contributed by atoms with Crippen LogP contribution >= 0.6 is 12.4 Å². The second-order valence-corrected chi connectivity index (χ2v) is 6.23. The fourth-order valence-corrected chi connectivity index (χ4v) is 3.35. The number of fused-ring (bicyclic) bond motifs is 1. The van der Waals surface area contributed by atoms with Gasteiger partial charge in [-0.05, 0) is 16.7 Å². The number of nitrogens with zero attached hydrogens (tertiary/aromatic N) is 1. The first-order valence-electron chi connectivity index (χ1n) is 8.36. The van der Waals surface area contributed by atoms with Crippen LogP contribution in [0.3, 0.4) is 0 Å². The van der Waals surface area contributed by atoms with E-state index in [1.807, 2.05) is 29.2 Å². The fourth-order valence-electron chi connectivity index (χ4n) is 3.35. The molecule has 25 heavy (non-hydrogen) atoms. The molecule has 1 heterocycles. The Hall–Kier alpha value is -1.88. The van der Waals surface area contributed by atoms with Crippen molar-refractivity contribution < 1.29 is 9.53 Å². The minimum absolute atomic E-state index is 0. The first kappa shape index (κ1) is 19.4. The fraction of sp³-hybridized carbons (Fsp3) is 0.350. The number of nitrogens with two attached hydrogens (primary N) is 1. The van der Waals surface area contributed by atoms with E-state index in [0.29, 0.717) is 26.1 Å². The van der Waals surface area contributed by atoms with Crippen LogP contribution in [0.4, 0.5) is 0 Å². The standard InChI is InChI=1S/C20H24N2O2.ClH/c1-24-17(12-21)11-20(23)22-13-16-9-5-6-10-18(16)19(14-22)15-7-3-2-4-8-15;/h2-10,17,19H,11-14,21H2,1H3;1H. The highest BCUT2D eigenvalue weighted by Crippen LogP contribution is 2.33. The number of carbonyl (C=O) groups is 1. The van der Waals surface area contributed by atoms with Crippen LogP contribution in [0.1, 0.15) is 29.0 Å².